The number of hydrazone groups is 1. The predicted molar refractivity (Wildman–Crippen MR) is 110 cm³/mol. The molecule has 1 aliphatic rings. The summed E-state index contributed by atoms with van der Waals surface area (Å²) in [6.07, 6.45) is 2.57. The van der Waals surface area contributed by atoms with Crippen LogP contribution in [0.3, 0.4) is 0 Å². The molecule has 6 nitrogen and oxygen atoms in total. The Hall–Kier alpha value is -2.51. The molecule has 1 amide bonds. The van der Waals surface area contributed by atoms with Crippen LogP contribution >= 0.6 is 0 Å². The van der Waals surface area contributed by atoms with Gasteiger partial charge in [0, 0.05) is 19.0 Å². The molecule has 0 unspecified atom stereocenters. The molecule has 0 bridgehead atoms. The van der Waals surface area contributed by atoms with Gasteiger partial charge in [-0.2, -0.15) is 9.41 Å². The van der Waals surface area contributed by atoms with Gasteiger partial charge in [-0.3, -0.25) is 4.79 Å². The number of carbonyl (C=O) groups is 1. The maximum Gasteiger partial charge on any atom is 0.243 e. The minimum absolute atomic E-state index is 0.171. The van der Waals surface area contributed by atoms with Gasteiger partial charge in [-0.1, -0.05) is 47.5 Å². The molecule has 1 saturated heterocycles. The molecule has 0 radical (unpaired) electrons. The van der Waals surface area contributed by atoms with E-state index in [0.717, 1.165) is 16.7 Å². The van der Waals surface area contributed by atoms with E-state index in [9.17, 15) is 13.2 Å². The quantitative estimate of drug-likeness (QED) is 0.620. The third-order valence-corrected chi connectivity index (χ3v) is 6.86. The van der Waals surface area contributed by atoms with Crippen molar-refractivity contribution in [3.8, 4) is 0 Å². The van der Waals surface area contributed by atoms with Crippen molar-refractivity contribution in [2.45, 2.75) is 31.6 Å². The zero-order valence-electron chi connectivity index (χ0n) is 16.1. The smallest absolute Gasteiger partial charge is 0.243 e. The van der Waals surface area contributed by atoms with Crippen molar-refractivity contribution in [3.63, 3.8) is 0 Å². The van der Waals surface area contributed by atoms with Gasteiger partial charge >= 0.3 is 0 Å². The number of benzene rings is 2. The molecule has 28 heavy (non-hydrogen) atoms. The Balaban J connectivity index is 1.53. The molecule has 3 rings (SSSR count). The first kappa shape index (κ1) is 20.2. The van der Waals surface area contributed by atoms with E-state index in [4.69, 9.17) is 0 Å². The first-order valence-electron chi connectivity index (χ1n) is 9.32. The SMILES string of the molecule is Cc1ccc(/C=N\NC(=O)C2CCN(S(=O)(=O)c3ccc(C)cc3)CC2)cc1. The number of rotatable bonds is 5. The van der Waals surface area contributed by atoms with Crippen LogP contribution in [0.25, 0.3) is 0 Å². The second kappa shape index (κ2) is 8.67. The van der Waals surface area contributed by atoms with Gasteiger partial charge in [-0.05, 0) is 44.4 Å². The summed E-state index contributed by atoms with van der Waals surface area (Å²) in [5.41, 5.74) is 5.65. The van der Waals surface area contributed by atoms with Crippen LogP contribution in [-0.2, 0) is 14.8 Å². The van der Waals surface area contributed by atoms with Crippen molar-refractivity contribution in [2.24, 2.45) is 11.0 Å². The molecule has 1 heterocycles. The van der Waals surface area contributed by atoms with Crippen LogP contribution in [0.15, 0.2) is 58.5 Å². The average Bonchev–Trinajstić information content (AvgIpc) is 2.70. The topological polar surface area (TPSA) is 78.8 Å². The maximum atomic E-state index is 12.7. The van der Waals surface area contributed by atoms with E-state index in [1.54, 1.807) is 30.5 Å². The molecule has 7 heteroatoms. The highest BCUT2D eigenvalue weighted by molar-refractivity contribution is 7.89. The van der Waals surface area contributed by atoms with E-state index in [-0.39, 0.29) is 11.8 Å². The Morgan fingerprint density at radius 1 is 1.00 bits per heavy atom. The Labute approximate surface area is 166 Å². The van der Waals surface area contributed by atoms with Gasteiger partial charge in [0.05, 0.1) is 11.1 Å². The fraction of sp³-hybridized carbons (Fsp3) is 0.333. The highest BCUT2D eigenvalue weighted by Gasteiger charge is 2.31. The minimum atomic E-state index is -3.51. The van der Waals surface area contributed by atoms with Crippen LogP contribution in [-0.4, -0.2) is 37.9 Å². The van der Waals surface area contributed by atoms with E-state index in [1.807, 2.05) is 38.1 Å². The second-order valence-corrected chi connectivity index (χ2v) is 9.07. The lowest BCUT2D eigenvalue weighted by atomic mass is 9.98. The second-order valence-electron chi connectivity index (χ2n) is 7.14. The number of aryl methyl sites for hydroxylation is 2. The molecule has 148 valence electrons. The third-order valence-electron chi connectivity index (χ3n) is 4.95. The summed E-state index contributed by atoms with van der Waals surface area (Å²) in [4.78, 5) is 12.6. The Kier molecular flexibility index (Phi) is 6.26. The molecule has 0 aliphatic carbocycles. The maximum absolute atomic E-state index is 12.7. The Morgan fingerprint density at radius 2 is 1.54 bits per heavy atom. The van der Waals surface area contributed by atoms with Crippen LogP contribution < -0.4 is 5.43 Å². The Morgan fingerprint density at radius 3 is 2.11 bits per heavy atom. The highest BCUT2D eigenvalue weighted by atomic mass is 32.2. The Bertz CT molecular complexity index is 943. The van der Waals surface area contributed by atoms with Crippen LogP contribution in [0.5, 0.6) is 0 Å². The molecule has 1 fully saturated rings. The molecule has 0 atom stereocenters. The normalized spacial score (nSPS) is 16.4. The van der Waals surface area contributed by atoms with Gasteiger partial charge < -0.3 is 0 Å². The van der Waals surface area contributed by atoms with Gasteiger partial charge in [0.25, 0.3) is 0 Å². The van der Waals surface area contributed by atoms with Crippen LogP contribution in [0.2, 0.25) is 0 Å². The number of amides is 1. The largest absolute Gasteiger partial charge is 0.273 e. The van der Waals surface area contributed by atoms with Gasteiger partial charge in [0.2, 0.25) is 15.9 Å². The number of carbonyl (C=O) groups excluding carboxylic acids is 1. The van der Waals surface area contributed by atoms with E-state index in [1.165, 1.54) is 4.31 Å². The summed E-state index contributed by atoms with van der Waals surface area (Å²) in [5, 5.41) is 4.01. The zero-order valence-corrected chi connectivity index (χ0v) is 16.9. The molecular formula is C21H25N3O3S. The summed E-state index contributed by atoms with van der Waals surface area (Å²) >= 11 is 0. The van der Waals surface area contributed by atoms with Crippen molar-refractivity contribution in [1.82, 2.24) is 9.73 Å². The molecule has 2 aromatic rings. The zero-order chi connectivity index (χ0) is 20.1. The first-order valence-corrected chi connectivity index (χ1v) is 10.8. The van der Waals surface area contributed by atoms with Crippen LogP contribution in [0, 0.1) is 19.8 Å². The lowest BCUT2D eigenvalue weighted by molar-refractivity contribution is -0.126. The highest BCUT2D eigenvalue weighted by Crippen LogP contribution is 2.24. The molecule has 0 spiro atoms. The summed E-state index contributed by atoms with van der Waals surface area (Å²) in [5.74, 6) is -0.407. The number of nitrogens with one attached hydrogen (secondary N) is 1. The third kappa shape index (κ3) is 4.85. The summed E-state index contributed by atoms with van der Waals surface area (Å²) in [7, 11) is -3.51. The molecule has 0 saturated carbocycles. The van der Waals surface area contributed by atoms with Gasteiger partial charge in [-0.25, -0.2) is 13.8 Å². The van der Waals surface area contributed by atoms with Crippen molar-refractivity contribution in [3.05, 3.63) is 65.2 Å². The first-order chi connectivity index (χ1) is 13.4. The summed E-state index contributed by atoms with van der Waals surface area (Å²) in [6, 6.07) is 14.7. The number of piperidine rings is 1. The van der Waals surface area contributed by atoms with Gasteiger partial charge in [0.1, 0.15) is 0 Å². The van der Waals surface area contributed by atoms with Crippen molar-refractivity contribution >= 4 is 22.1 Å². The number of hydrogen-bond donors (Lipinski definition) is 1. The number of hydrogen-bond acceptors (Lipinski definition) is 4. The van der Waals surface area contributed by atoms with E-state index < -0.39 is 10.0 Å². The van der Waals surface area contributed by atoms with Gasteiger partial charge in [0.15, 0.2) is 0 Å². The molecular weight excluding hydrogens is 374 g/mol. The fourth-order valence-corrected chi connectivity index (χ4v) is 4.60. The van der Waals surface area contributed by atoms with Crippen molar-refractivity contribution in [1.29, 1.82) is 0 Å². The lowest BCUT2D eigenvalue weighted by Crippen LogP contribution is -2.42. The van der Waals surface area contributed by atoms with Crippen molar-refractivity contribution in [2.75, 3.05) is 13.1 Å². The summed E-state index contributed by atoms with van der Waals surface area (Å²) < 4.78 is 26.9. The predicted octanol–water partition coefficient (Wildman–Crippen LogP) is 2.85. The van der Waals surface area contributed by atoms with E-state index in [2.05, 4.69) is 10.5 Å². The van der Waals surface area contributed by atoms with E-state index in [0.29, 0.717) is 30.8 Å². The monoisotopic (exact) mass is 399 g/mol. The van der Waals surface area contributed by atoms with Crippen molar-refractivity contribution < 1.29 is 13.2 Å². The van der Waals surface area contributed by atoms with E-state index >= 15 is 0 Å². The van der Waals surface area contributed by atoms with Crippen LogP contribution in [0.1, 0.15) is 29.5 Å². The van der Waals surface area contributed by atoms with Gasteiger partial charge in [-0.15, -0.1) is 0 Å². The summed E-state index contributed by atoms with van der Waals surface area (Å²) in [6.45, 7) is 4.59. The molecule has 1 N–H and O–H groups in total. The molecule has 0 aromatic heterocycles. The minimum Gasteiger partial charge on any atom is -0.273 e. The molecule has 1 aliphatic heterocycles. The number of sulfonamides is 1. The standard InChI is InChI=1S/C21H25N3O3S/c1-16-3-7-18(8-4-16)15-22-23-21(25)19-11-13-24(14-12-19)28(26,27)20-9-5-17(2)6-10-20/h3-10,15,19H,11-14H2,1-2H3,(H,23,25)/b22-15-. The number of nitrogens with zero attached hydrogens (tertiary/aromatic N) is 2. The fourth-order valence-electron chi connectivity index (χ4n) is 3.13. The van der Waals surface area contributed by atoms with Crippen LogP contribution in [0.4, 0.5) is 0 Å². The molecule has 2 aromatic carbocycles. The average molecular weight is 400 g/mol. The lowest BCUT2D eigenvalue weighted by Gasteiger charge is -2.30.